The van der Waals surface area contributed by atoms with Crippen molar-refractivity contribution in [2.45, 2.75) is 13.2 Å². The fourth-order valence-corrected chi connectivity index (χ4v) is 3.20. The molecule has 0 aliphatic heterocycles. The Labute approximate surface area is 179 Å². The highest BCUT2D eigenvalue weighted by molar-refractivity contribution is 5.72. The number of alkyl halides is 4. The van der Waals surface area contributed by atoms with Gasteiger partial charge in [0.15, 0.2) is 0 Å². The largest absolute Gasteiger partial charge is 0.435 e. The van der Waals surface area contributed by atoms with E-state index in [4.69, 9.17) is 0 Å². The third-order valence-corrected chi connectivity index (χ3v) is 4.47. The molecule has 9 heteroatoms. The van der Waals surface area contributed by atoms with Crippen molar-refractivity contribution in [1.29, 1.82) is 0 Å². The molecule has 4 nitrogen and oxygen atoms in total. The maximum absolute atomic E-state index is 13.9. The van der Waals surface area contributed by atoms with Gasteiger partial charge in [-0.15, -0.1) is 0 Å². The fourth-order valence-electron chi connectivity index (χ4n) is 3.20. The zero-order valence-corrected chi connectivity index (χ0v) is 16.3. The molecule has 0 aliphatic rings. The SMILES string of the molecule is Fc1cccc(-n2nc(-c3cccc(OC(F)F)c3)cc2-c2cccc(OC(F)F)c2)c1. The summed E-state index contributed by atoms with van der Waals surface area (Å²) >= 11 is 0. The van der Waals surface area contributed by atoms with Crippen LogP contribution in [0.15, 0.2) is 78.9 Å². The molecule has 0 bridgehead atoms. The number of ether oxygens (including phenoxy) is 2. The first kappa shape index (κ1) is 21.4. The monoisotopic (exact) mass is 446 g/mol. The molecular weight excluding hydrogens is 431 g/mol. The molecule has 0 saturated carbocycles. The second-order valence-electron chi connectivity index (χ2n) is 6.62. The Balaban J connectivity index is 1.83. The molecule has 0 aliphatic carbocycles. The Hall–Kier alpha value is -3.88. The first-order valence-electron chi connectivity index (χ1n) is 9.35. The summed E-state index contributed by atoms with van der Waals surface area (Å²) in [5.41, 5.74) is 2.16. The van der Waals surface area contributed by atoms with E-state index in [2.05, 4.69) is 14.6 Å². The highest BCUT2D eigenvalue weighted by atomic mass is 19.3. The zero-order valence-electron chi connectivity index (χ0n) is 16.3. The van der Waals surface area contributed by atoms with Crippen LogP contribution in [0, 0.1) is 5.82 Å². The number of halogens is 5. The van der Waals surface area contributed by atoms with Crippen molar-refractivity contribution < 1.29 is 31.4 Å². The molecule has 0 spiro atoms. The molecule has 1 aromatic heterocycles. The maximum Gasteiger partial charge on any atom is 0.387 e. The van der Waals surface area contributed by atoms with Gasteiger partial charge in [-0.1, -0.05) is 30.3 Å². The summed E-state index contributed by atoms with van der Waals surface area (Å²) in [6.45, 7) is -5.98. The highest BCUT2D eigenvalue weighted by Crippen LogP contribution is 2.32. The van der Waals surface area contributed by atoms with Gasteiger partial charge >= 0.3 is 13.2 Å². The van der Waals surface area contributed by atoms with Crippen LogP contribution in [0.3, 0.4) is 0 Å². The second-order valence-corrected chi connectivity index (χ2v) is 6.62. The minimum absolute atomic E-state index is 0.0494. The molecule has 0 N–H and O–H groups in total. The lowest BCUT2D eigenvalue weighted by Crippen LogP contribution is -2.03. The molecule has 0 unspecified atom stereocenters. The van der Waals surface area contributed by atoms with Crippen LogP contribution in [0.2, 0.25) is 0 Å². The predicted molar refractivity (Wildman–Crippen MR) is 108 cm³/mol. The molecule has 0 atom stereocenters. The molecule has 0 saturated heterocycles. The van der Waals surface area contributed by atoms with E-state index < -0.39 is 19.0 Å². The Bertz CT molecular complexity index is 1230. The highest BCUT2D eigenvalue weighted by Gasteiger charge is 2.16. The number of rotatable bonds is 7. The van der Waals surface area contributed by atoms with Gasteiger partial charge in [0, 0.05) is 11.1 Å². The summed E-state index contributed by atoms with van der Waals surface area (Å²) in [5, 5.41) is 4.50. The van der Waals surface area contributed by atoms with E-state index in [1.807, 2.05) is 0 Å². The predicted octanol–water partition coefficient (Wildman–Crippen LogP) is 6.55. The lowest BCUT2D eigenvalue weighted by molar-refractivity contribution is -0.0505. The molecule has 0 radical (unpaired) electrons. The summed E-state index contributed by atoms with van der Waals surface area (Å²) in [4.78, 5) is 0. The number of aromatic nitrogens is 2. The average Bonchev–Trinajstić information content (AvgIpc) is 3.19. The van der Waals surface area contributed by atoms with E-state index in [9.17, 15) is 22.0 Å². The van der Waals surface area contributed by atoms with Crippen molar-refractivity contribution in [3.63, 3.8) is 0 Å². The number of benzene rings is 3. The molecule has 1 heterocycles. The third kappa shape index (κ3) is 4.88. The molecule has 0 amide bonds. The summed E-state index contributed by atoms with van der Waals surface area (Å²) in [6, 6.07) is 19.2. The van der Waals surface area contributed by atoms with Crippen LogP contribution in [-0.2, 0) is 0 Å². The lowest BCUT2D eigenvalue weighted by Gasteiger charge is -2.10. The lowest BCUT2D eigenvalue weighted by atomic mass is 10.1. The molecule has 164 valence electrons. The van der Waals surface area contributed by atoms with Gasteiger partial charge in [-0.3, -0.25) is 0 Å². The number of nitrogens with zero attached hydrogens (tertiary/aromatic N) is 2. The Kier molecular flexibility index (Phi) is 6.07. The van der Waals surface area contributed by atoms with Crippen molar-refractivity contribution in [3.05, 3.63) is 84.7 Å². The second kappa shape index (κ2) is 9.09. The third-order valence-electron chi connectivity index (χ3n) is 4.47. The van der Waals surface area contributed by atoms with Gasteiger partial charge in [-0.25, -0.2) is 9.07 Å². The molecule has 4 rings (SSSR count). The topological polar surface area (TPSA) is 36.3 Å². The van der Waals surface area contributed by atoms with Gasteiger partial charge in [0.1, 0.15) is 17.3 Å². The minimum Gasteiger partial charge on any atom is -0.435 e. The maximum atomic E-state index is 13.9. The Morgan fingerprint density at radius 1 is 0.688 bits per heavy atom. The molecule has 0 fully saturated rings. The quantitative estimate of drug-likeness (QED) is 0.302. The summed E-state index contributed by atoms with van der Waals surface area (Å²) in [5.74, 6) is -0.599. The van der Waals surface area contributed by atoms with Crippen LogP contribution in [0.25, 0.3) is 28.2 Å². The fraction of sp³-hybridized carbons (Fsp3) is 0.0870. The Morgan fingerprint density at radius 2 is 1.28 bits per heavy atom. The van der Waals surface area contributed by atoms with Gasteiger partial charge in [0.05, 0.1) is 17.1 Å². The zero-order chi connectivity index (χ0) is 22.7. The normalized spacial score (nSPS) is 11.2. The van der Waals surface area contributed by atoms with Gasteiger partial charge in [0.2, 0.25) is 0 Å². The molecule has 4 aromatic rings. The van der Waals surface area contributed by atoms with Crippen molar-refractivity contribution in [1.82, 2.24) is 9.78 Å². The van der Waals surface area contributed by atoms with E-state index in [-0.39, 0.29) is 11.5 Å². The van der Waals surface area contributed by atoms with Crippen LogP contribution in [0.5, 0.6) is 11.5 Å². The van der Waals surface area contributed by atoms with Crippen molar-refractivity contribution in [3.8, 4) is 39.7 Å². The van der Waals surface area contributed by atoms with E-state index in [1.165, 1.54) is 59.3 Å². The van der Waals surface area contributed by atoms with Crippen LogP contribution in [0.1, 0.15) is 0 Å². The van der Waals surface area contributed by atoms with E-state index >= 15 is 0 Å². The van der Waals surface area contributed by atoms with Gasteiger partial charge in [-0.2, -0.15) is 22.7 Å². The first-order valence-corrected chi connectivity index (χ1v) is 9.35. The minimum atomic E-state index is -2.99. The van der Waals surface area contributed by atoms with E-state index in [0.717, 1.165) is 0 Å². The number of hydrogen-bond acceptors (Lipinski definition) is 3. The van der Waals surface area contributed by atoms with Crippen molar-refractivity contribution in [2.75, 3.05) is 0 Å². The molecule has 3 aromatic carbocycles. The first-order chi connectivity index (χ1) is 15.4. The van der Waals surface area contributed by atoms with Gasteiger partial charge in [-0.05, 0) is 48.5 Å². The van der Waals surface area contributed by atoms with Crippen LogP contribution >= 0.6 is 0 Å². The smallest absolute Gasteiger partial charge is 0.387 e. The van der Waals surface area contributed by atoms with Gasteiger partial charge < -0.3 is 9.47 Å². The van der Waals surface area contributed by atoms with Crippen molar-refractivity contribution in [2.24, 2.45) is 0 Å². The van der Waals surface area contributed by atoms with Crippen LogP contribution in [-0.4, -0.2) is 23.0 Å². The van der Waals surface area contributed by atoms with Crippen LogP contribution in [0.4, 0.5) is 22.0 Å². The van der Waals surface area contributed by atoms with E-state index in [0.29, 0.717) is 28.2 Å². The summed E-state index contributed by atoms with van der Waals surface area (Å²) in [6.07, 6.45) is 0. The summed E-state index contributed by atoms with van der Waals surface area (Å²) < 4.78 is 74.7. The molecule has 32 heavy (non-hydrogen) atoms. The standard InChI is InChI=1S/C23H15F5N2O2/c24-16-6-3-7-17(12-16)30-21(15-5-2-9-19(11-15)32-23(27)28)13-20(29-30)14-4-1-8-18(10-14)31-22(25)26/h1-13,22-23H. The van der Waals surface area contributed by atoms with Gasteiger partial charge in [0.25, 0.3) is 0 Å². The van der Waals surface area contributed by atoms with Crippen LogP contribution < -0.4 is 9.47 Å². The summed E-state index contributed by atoms with van der Waals surface area (Å²) in [7, 11) is 0. The number of hydrogen-bond donors (Lipinski definition) is 0. The van der Waals surface area contributed by atoms with Crippen molar-refractivity contribution >= 4 is 0 Å². The Morgan fingerprint density at radius 3 is 1.91 bits per heavy atom. The average molecular weight is 446 g/mol. The molecular formula is C23H15F5N2O2. The van der Waals surface area contributed by atoms with E-state index in [1.54, 1.807) is 24.3 Å².